The molecule has 0 spiro atoms. The van der Waals surface area contributed by atoms with Crippen molar-refractivity contribution >= 4 is 34.0 Å². The van der Waals surface area contributed by atoms with Crippen LogP contribution in [-0.4, -0.2) is 27.8 Å². The van der Waals surface area contributed by atoms with Crippen LogP contribution in [0.3, 0.4) is 0 Å². The fourth-order valence-electron chi connectivity index (χ4n) is 1.64. The maximum absolute atomic E-state index is 13.5. The number of carbonyl (C=O) groups is 1. The lowest BCUT2D eigenvalue weighted by molar-refractivity contribution is 0.101. The summed E-state index contributed by atoms with van der Waals surface area (Å²) in [5.41, 5.74) is -0.233. The Bertz CT molecular complexity index is 673. The van der Waals surface area contributed by atoms with E-state index < -0.39 is 17.4 Å². The molecule has 1 N–H and O–H groups in total. The molecule has 1 aliphatic carbocycles. The van der Waals surface area contributed by atoms with Crippen molar-refractivity contribution in [2.24, 2.45) is 0 Å². The molecule has 3 rings (SSSR count). The Hall–Kier alpha value is -1.54. The molecule has 1 saturated carbocycles. The van der Waals surface area contributed by atoms with Gasteiger partial charge in [-0.05, 0) is 31.0 Å². The standard InChI is InChI=1S/C13H11F2N3OS2/c14-7-1-4-10(15)9(5-7)11(19)6-20-13-18-17-12(21-13)16-8-2-3-8/h1,4-5,8H,2-3,6H2,(H,16,17). The number of thioether (sulfide) groups is 1. The van der Waals surface area contributed by atoms with Crippen LogP contribution in [0.1, 0.15) is 23.2 Å². The van der Waals surface area contributed by atoms with Gasteiger partial charge in [0.25, 0.3) is 0 Å². The van der Waals surface area contributed by atoms with Crippen LogP contribution >= 0.6 is 23.1 Å². The minimum atomic E-state index is -0.713. The van der Waals surface area contributed by atoms with Gasteiger partial charge >= 0.3 is 0 Å². The van der Waals surface area contributed by atoms with Gasteiger partial charge in [-0.3, -0.25) is 4.79 Å². The predicted molar refractivity (Wildman–Crippen MR) is 78.0 cm³/mol. The van der Waals surface area contributed by atoms with Crippen molar-refractivity contribution in [1.29, 1.82) is 0 Å². The fraction of sp³-hybridized carbons (Fsp3) is 0.308. The molecule has 0 amide bonds. The maximum Gasteiger partial charge on any atom is 0.206 e. The summed E-state index contributed by atoms with van der Waals surface area (Å²) in [7, 11) is 0. The Morgan fingerprint density at radius 1 is 1.38 bits per heavy atom. The van der Waals surface area contributed by atoms with E-state index in [-0.39, 0.29) is 11.3 Å². The van der Waals surface area contributed by atoms with Gasteiger partial charge in [-0.2, -0.15) is 0 Å². The number of Topliss-reactive ketones (excluding diaryl/α,β-unsaturated/α-hetero) is 1. The van der Waals surface area contributed by atoms with Gasteiger partial charge in [0.2, 0.25) is 5.13 Å². The number of benzene rings is 1. The summed E-state index contributed by atoms with van der Waals surface area (Å²) in [6.07, 6.45) is 2.28. The van der Waals surface area contributed by atoms with Crippen LogP contribution in [0.4, 0.5) is 13.9 Å². The second-order valence-electron chi connectivity index (χ2n) is 4.63. The van der Waals surface area contributed by atoms with E-state index in [1.54, 1.807) is 0 Å². The van der Waals surface area contributed by atoms with Gasteiger partial charge in [-0.1, -0.05) is 23.1 Å². The number of ketones is 1. The lowest BCUT2D eigenvalue weighted by Gasteiger charge is -2.01. The normalized spacial score (nSPS) is 14.2. The Morgan fingerprint density at radius 2 is 2.19 bits per heavy atom. The van der Waals surface area contributed by atoms with Crippen LogP contribution in [-0.2, 0) is 0 Å². The second kappa shape index (κ2) is 6.07. The lowest BCUT2D eigenvalue weighted by Crippen LogP contribution is -2.05. The molecule has 0 bridgehead atoms. The number of nitrogens with one attached hydrogen (secondary N) is 1. The van der Waals surface area contributed by atoms with E-state index in [0.717, 1.165) is 36.2 Å². The molecule has 0 aliphatic heterocycles. The Morgan fingerprint density at radius 3 is 2.95 bits per heavy atom. The van der Waals surface area contributed by atoms with E-state index in [1.807, 2.05) is 0 Å². The van der Waals surface area contributed by atoms with E-state index in [4.69, 9.17) is 0 Å². The minimum Gasteiger partial charge on any atom is -0.357 e. The number of nitrogens with zero attached hydrogens (tertiary/aromatic N) is 2. The van der Waals surface area contributed by atoms with Gasteiger partial charge < -0.3 is 5.32 Å². The van der Waals surface area contributed by atoms with E-state index >= 15 is 0 Å². The molecular formula is C13H11F2N3OS2. The Labute approximate surface area is 128 Å². The largest absolute Gasteiger partial charge is 0.357 e. The summed E-state index contributed by atoms with van der Waals surface area (Å²) in [6.45, 7) is 0. The third kappa shape index (κ3) is 3.76. The fourth-order valence-corrected chi connectivity index (χ4v) is 3.36. The maximum atomic E-state index is 13.5. The summed E-state index contributed by atoms with van der Waals surface area (Å²) in [4.78, 5) is 11.9. The van der Waals surface area contributed by atoms with Crippen molar-refractivity contribution in [3.63, 3.8) is 0 Å². The van der Waals surface area contributed by atoms with Crippen LogP contribution in [0, 0.1) is 11.6 Å². The SMILES string of the molecule is O=C(CSc1nnc(NC2CC2)s1)c1cc(F)ccc1F. The van der Waals surface area contributed by atoms with Gasteiger partial charge in [-0.25, -0.2) is 8.78 Å². The molecule has 1 fully saturated rings. The van der Waals surface area contributed by atoms with Gasteiger partial charge in [0, 0.05) is 6.04 Å². The van der Waals surface area contributed by atoms with E-state index in [0.29, 0.717) is 10.4 Å². The molecule has 0 unspecified atom stereocenters. The van der Waals surface area contributed by atoms with Crippen molar-refractivity contribution in [2.45, 2.75) is 23.2 Å². The minimum absolute atomic E-state index is 0.00155. The second-order valence-corrected chi connectivity index (χ2v) is 6.83. The summed E-state index contributed by atoms with van der Waals surface area (Å²) in [5, 5.41) is 11.9. The average molecular weight is 327 g/mol. The summed E-state index contributed by atoms with van der Waals surface area (Å²) < 4.78 is 27.1. The first-order chi connectivity index (χ1) is 10.1. The monoisotopic (exact) mass is 327 g/mol. The highest BCUT2D eigenvalue weighted by Crippen LogP contribution is 2.30. The number of halogens is 2. The lowest BCUT2D eigenvalue weighted by atomic mass is 10.1. The predicted octanol–water partition coefficient (Wildman–Crippen LogP) is 3.37. The van der Waals surface area contributed by atoms with Gasteiger partial charge in [0.1, 0.15) is 11.6 Å². The van der Waals surface area contributed by atoms with Crippen LogP contribution in [0.15, 0.2) is 22.5 Å². The van der Waals surface area contributed by atoms with Gasteiger partial charge in [0.15, 0.2) is 10.1 Å². The topological polar surface area (TPSA) is 54.9 Å². The zero-order valence-corrected chi connectivity index (χ0v) is 12.4. The molecule has 2 aromatic rings. The number of hydrogen-bond donors (Lipinski definition) is 1. The third-order valence-corrected chi connectivity index (χ3v) is 4.85. The molecule has 4 nitrogen and oxygen atoms in total. The first-order valence-electron chi connectivity index (χ1n) is 6.33. The summed E-state index contributed by atoms with van der Waals surface area (Å²) in [5.74, 6) is -1.81. The molecule has 8 heteroatoms. The third-order valence-electron chi connectivity index (χ3n) is 2.87. The molecule has 0 atom stereocenters. The number of aromatic nitrogens is 2. The molecule has 1 aromatic carbocycles. The number of anilines is 1. The summed E-state index contributed by atoms with van der Waals surface area (Å²) in [6, 6.07) is 3.34. The molecule has 110 valence electrons. The highest BCUT2D eigenvalue weighted by molar-refractivity contribution is 8.01. The van der Waals surface area contributed by atoms with Crippen molar-refractivity contribution in [2.75, 3.05) is 11.1 Å². The van der Waals surface area contributed by atoms with Crippen molar-refractivity contribution in [3.05, 3.63) is 35.4 Å². The Kier molecular flexibility index (Phi) is 4.16. The van der Waals surface area contributed by atoms with Crippen molar-refractivity contribution in [1.82, 2.24) is 10.2 Å². The van der Waals surface area contributed by atoms with Gasteiger partial charge in [0.05, 0.1) is 11.3 Å². The molecule has 1 aromatic heterocycles. The molecule has 1 heterocycles. The quantitative estimate of drug-likeness (QED) is 0.651. The first kappa shape index (κ1) is 14.4. The molecule has 0 radical (unpaired) electrons. The molecule has 0 saturated heterocycles. The highest BCUT2D eigenvalue weighted by Gasteiger charge is 2.22. The first-order valence-corrected chi connectivity index (χ1v) is 8.13. The van der Waals surface area contributed by atoms with Gasteiger partial charge in [-0.15, -0.1) is 10.2 Å². The summed E-state index contributed by atoms with van der Waals surface area (Å²) >= 11 is 2.53. The number of carbonyl (C=O) groups excluding carboxylic acids is 1. The van der Waals surface area contributed by atoms with Crippen LogP contribution in [0.25, 0.3) is 0 Å². The van der Waals surface area contributed by atoms with E-state index in [9.17, 15) is 13.6 Å². The number of hydrogen-bond acceptors (Lipinski definition) is 6. The Balaban J connectivity index is 1.59. The van der Waals surface area contributed by atoms with Crippen LogP contribution < -0.4 is 5.32 Å². The smallest absolute Gasteiger partial charge is 0.206 e. The van der Waals surface area contributed by atoms with Crippen molar-refractivity contribution in [3.8, 4) is 0 Å². The zero-order valence-electron chi connectivity index (χ0n) is 10.8. The zero-order chi connectivity index (χ0) is 14.8. The average Bonchev–Trinajstić information content (AvgIpc) is 3.16. The van der Waals surface area contributed by atoms with Crippen LogP contribution in [0.2, 0.25) is 0 Å². The van der Waals surface area contributed by atoms with E-state index in [2.05, 4.69) is 15.5 Å². The molecular weight excluding hydrogens is 316 g/mol. The highest BCUT2D eigenvalue weighted by atomic mass is 32.2. The molecule has 21 heavy (non-hydrogen) atoms. The molecule has 1 aliphatic rings. The van der Waals surface area contributed by atoms with E-state index in [1.165, 1.54) is 23.1 Å². The van der Waals surface area contributed by atoms with Crippen LogP contribution in [0.5, 0.6) is 0 Å². The number of rotatable bonds is 6. The van der Waals surface area contributed by atoms with Crippen molar-refractivity contribution < 1.29 is 13.6 Å².